The minimum atomic E-state index is -0.741. The van der Waals surface area contributed by atoms with Gasteiger partial charge >= 0.3 is 0 Å². The van der Waals surface area contributed by atoms with Gasteiger partial charge in [-0.05, 0) is 36.9 Å². The standard InChI is InChI=1S/C14H20FN/c1-2-11-5-7-12(8-6-11)10-13(15)14-4-3-9-16-14/h5-8,13-14,16H,2-4,9-10H2,1H3. The van der Waals surface area contributed by atoms with E-state index in [1.54, 1.807) is 0 Å². The average molecular weight is 221 g/mol. The number of aryl methyl sites for hydroxylation is 1. The van der Waals surface area contributed by atoms with E-state index in [0.717, 1.165) is 31.4 Å². The SMILES string of the molecule is CCc1ccc(CC(F)C2CCCN2)cc1. The van der Waals surface area contributed by atoms with Gasteiger partial charge in [-0.3, -0.25) is 0 Å². The van der Waals surface area contributed by atoms with Gasteiger partial charge in [0.2, 0.25) is 0 Å². The van der Waals surface area contributed by atoms with Crippen LogP contribution in [0.25, 0.3) is 0 Å². The third kappa shape index (κ3) is 2.82. The van der Waals surface area contributed by atoms with Crippen molar-refractivity contribution in [3.8, 4) is 0 Å². The minimum Gasteiger partial charge on any atom is -0.311 e. The van der Waals surface area contributed by atoms with E-state index in [9.17, 15) is 4.39 Å². The van der Waals surface area contributed by atoms with Crippen molar-refractivity contribution in [1.29, 1.82) is 0 Å². The predicted molar refractivity (Wildman–Crippen MR) is 65.4 cm³/mol. The highest BCUT2D eigenvalue weighted by Crippen LogP contribution is 2.17. The number of halogens is 1. The van der Waals surface area contributed by atoms with Gasteiger partial charge in [-0.25, -0.2) is 4.39 Å². The minimum absolute atomic E-state index is 0.0749. The monoisotopic (exact) mass is 221 g/mol. The Morgan fingerprint density at radius 3 is 2.56 bits per heavy atom. The molecule has 16 heavy (non-hydrogen) atoms. The third-order valence-corrected chi connectivity index (χ3v) is 3.40. The Hall–Kier alpha value is -0.890. The normalized spacial score (nSPS) is 22.2. The predicted octanol–water partition coefficient (Wildman–Crippen LogP) is 2.88. The number of nitrogens with one attached hydrogen (secondary N) is 1. The molecule has 1 heterocycles. The van der Waals surface area contributed by atoms with Crippen molar-refractivity contribution in [3.63, 3.8) is 0 Å². The molecule has 0 aliphatic carbocycles. The van der Waals surface area contributed by atoms with Gasteiger partial charge < -0.3 is 5.32 Å². The Labute approximate surface area is 97.1 Å². The fraction of sp³-hybridized carbons (Fsp3) is 0.571. The molecule has 88 valence electrons. The summed E-state index contributed by atoms with van der Waals surface area (Å²) in [5, 5.41) is 3.22. The van der Waals surface area contributed by atoms with Crippen LogP contribution in [0.5, 0.6) is 0 Å². The molecule has 2 atom stereocenters. The van der Waals surface area contributed by atoms with Crippen molar-refractivity contribution < 1.29 is 4.39 Å². The molecule has 1 aliphatic rings. The molecule has 0 saturated carbocycles. The summed E-state index contributed by atoms with van der Waals surface area (Å²) in [6, 6.07) is 8.39. The topological polar surface area (TPSA) is 12.0 Å². The van der Waals surface area contributed by atoms with Gasteiger partial charge in [0.15, 0.2) is 0 Å². The van der Waals surface area contributed by atoms with Crippen molar-refractivity contribution in [2.24, 2.45) is 0 Å². The summed E-state index contributed by atoms with van der Waals surface area (Å²) < 4.78 is 13.9. The van der Waals surface area contributed by atoms with Crippen LogP contribution in [0.1, 0.15) is 30.9 Å². The molecule has 1 aromatic carbocycles. The zero-order valence-corrected chi connectivity index (χ0v) is 9.88. The summed E-state index contributed by atoms with van der Waals surface area (Å²) in [6.07, 6.45) is 2.94. The Bertz CT molecular complexity index is 314. The third-order valence-electron chi connectivity index (χ3n) is 3.40. The van der Waals surface area contributed by atoms with Gasteiger partial charge in [-0.1, -0.05) is 31.2 Å². The molecule has 0 radical (unpaired) electrons. The molecule has 1 aromatic rings. The highest BCUT2D eigenvalue weighted by molar-refractivity contribution is 5.23. The molecule has 2 rings (SSSR count). The molecule has 1 N–H and O–H groups in total. The van der Waals surface area contributed by atoms with Crippen molar-refractivity contribution in [3.05, 3.63) is 35.4 Å². The molecule has 2 unspecified atom stereocenters. The lowest BCUT2D eigenvalue weighted by Gasteiger charge is -2.16. The maximum absolute atomic E-state index is 13.9. The van der Waals surface area contributed by atoms with Crippen LogP contribution in [-0.2, 0) is 12.8 Å². The smallest absolute Gasteiger partial charge is 0.119 e. The number of hydrogen-bond donors (Lipinski definition) is 1. The van der Waals surface area contributed by atoms with E-state index in [2.05, 4.69) is 36.5 Å². The van der Waals surface area contributed by atoms with E-state index in [4.69, 9.17) is 0 Å². The van der Waals surface area contributed by atoms with Crippen LogP contribution in [0.2, 0.25) is 0 Å². The van der Waals surface area contributed by atoms with Gasteiger partial charge in [0.25, 0.3) is 0 Å². The lowest BCUT2D eigenvalue weighted by Crippen LogP contribution is -2.33. The summed E-state index contributed by atoms with van der Waals surface area (Å²) in [5.74, 6) is 0. The molecule has 0 aromatic heterocycles. The van der Waals surface area contributed by atoms with Gasteiger partial charge in [-0.15, -0.1) is 0 Å². The maximum Gasteiger partial charge on any atom is 0.119 e. The highest BCUT2D eigenvalue weighted by atomic mass is 19.1. The van der Waals surface area contributed by atoms with E-state index in [1.807, 2.05) is 0 Å². The summed E-state index contributed by atoms with van der Waals surface area (Å²) in [5.41, 5.74) is 2.43. The van der Waals surface area contributed by atoms with Gasteiger partial charge in [-0.2, -0.15) is 0 Å². The van der Waals surface area contributed by atoms with Gasteiger partial charge in [0.1, 0.15) is 6.17 Å². The van der Waals surface area contributed by atoms with E-state index >= 15 is 0 Å². The molecule has 1 fully saturated rings. The molecule has 1 aliphatic heterocycles. The van der Waals surface area contributed by atoms with Crippen LogP contribution in [-0.4, -0.2) is 18.8 Å². The van der Waals surface area contributed by atoms with E-state index in [0.29, 0.717) is 6.42 Å². The first-order chi connectivity index (χ1) is 7.79. The molecule has 0 spiro atoms. The lowest BCUT2D eigenvalue weighted by atomic mass is 10.0. The first-order valence-corrected chi connectivity index (χ1v) is 6.25. The molecule has 0 amide bonds. The summed E-state index contributed by atoms with van der Waals surface area (Å²) in [6.45, 7) is 3.11. The van der Waals surface area contributed by atoms with Crippen LogP contribution in [0.3, 0.4) is 0 Å². The van der Waals surface area contributed by atoms with Crippen molar-refractivity contribution >= 4 is 0 Å². The Morgan fingerprint density at radius 1 is 1.31 bits per heavy atom. The zero-order chi connectivity index (χ0) is 11.4. The summed E-state index contributed by atoms with van der Waals surface area (Å²) in [7, 11) is 0. The van der Waals surface area contributed by atoms with Crippen LogP contribution in [0, 0.1) is 0 Å². The maximum atomic E-state index is 13.9. The first kappa shape index (κ1) is 11.6. The lowest BCUT2D eigenvalue weighted by molar-refractivity contribution is 0.263. The van der Waals surface area contributed by atoms with Crippen molar-refractivity contribution in [2.45, 2.75) is 44.8 Å². The van der Waals surface area contributed by atoms with E-state index < -0.39 is 6.17 Å². The first-order valence-electron chi connectivity index (χ1n) is 6.25. The van der Waals surface area contributed by atoms with Crippen LogP contribution < -0.4 is 5.32 Å². The van der Waals surface area contributed by atoms with Crippen LogP contribution >= 0.6 is 0 Å². The number of benzene rings is 1. The average Bonchev–Trinajstić information content (AvgIpc) is 2.83. The number of rotatable bonds is 4. The fourth-order valence-corrected chi connectivity index (χ4v) is 2.30. The van der Waals surface area contributed by atoms with Crippen molar-refractivity contribution in [1.82, 2.24) is 5.32 Å². The molecular weight excluding hydrogens is 201 g/mol. The second-order valence-corrected chi connectivity index (χ2v) is 4.59. The summed E-state index contributed by atoms with van der Waals surface area (Å²) >= 11 is 0. The zero-order valence-electron chi connectivity index (χ0n) is 9.88. The van der Waals surface area contributed by atoms with Crippen LogP contribution in [0.15, 0.2) is 24.3 Å². The number of alkyl halides is 1. The van der Waals surface area contributed by atoms with Gasteiger partial charge in [0, 0.05) is 12.5 Å². The highest BCUT2D eigenvalue weighted by Gasteiger charge is 2.24. The van der Waals surface area contributed by atoms with Crippen LogP contribution in [0.4, 0.5) is 4.39 Å². The van der Waals surface area contributed by atoms with Gasteiger partial charge in [0.05, 0.1) is 0 Å². The second-order valence-electron chi connectivity index (χ2n) is 4.59. The Balaban J connectivity index is 1.92. The molecule has 0 bridgehead atoms. The van der Waals surface area contributed by atoms with E-state index in [1.165, 1.54) is 5.56 Å². The molecule has 1 saturated heterocycles. The Kier molecular flexibility index (Phi) is 3.94. The molecule has 1 nitrogen and oxygen atoms in total. The van der Waals surface area contributed by atoms with E-state index in [-0.39, 0.29) is 6.04 Å². The largest absolute Gasteiger partial charge is 0.311 e. The second kappa shape index (κ2) is 5.44. The van der Waals surface area contributed by atoms with Crippen molar-refractivity contribution in [2.75, 3.05) is 6.54 Å². The fourth-order valence-electron chi connectivity index (χ4n) is 2.30. The molecular formula is C14H20FN. The number of hydrogen-bond acceptors (Lipinski definition) is 1. The Morgan fingerprint density at radius 2 is 2.00 bits per heavy atom. The quantitative estimate of drug-likeness (QED) is 0.824. The molecule has 2 heteroatoms. The summed E-state index contributed by atoms with van der Waals surface area (Å²) in [4.78, 5) is 0.